The standard InChI is InChI=1S/C19H16N6OS/c1-24-10-15(9-20-24)14-7-16(26-2)18-13(8-21-25(18)11-14)5-6-17-22-23-19(27-17)12-3-4-12/h7-12H,3-4H2,1-2H3. The van der Waals surface area contributed by atoms with E-state index in [0.717, 1.165) is 32.2 Å². The molecule has 4 aromatic heterocycles. The van der Waals surface area contributed by atoms with Crippen LogP contribution in [0.5, 0.6) is 5.75 Å². The van der Waals surface area contributed by atoms with Crippen LogP contribution in [0.3, 0.4) is 0 Å². The van der Waals surface area contributed by atoms with Gasteiger partial charge in [-0.3, -0.25) is 4.68 Å². The zero-order valence-electron chi connectivity index (χ0n) is 14.9. The van der Waals surface area contributed by atoms with Crippen molar-refractivity contribution in [1.29, 1.82) is 0 Å². The van der Waals surface area contributed by atoms with Gasteiger partial charge in [-0.15, -0.1) is 10.2 Å². The van der Waals surface area contributed by atoms with E-state index < -0.39 is 0 Å². The number of aromatic nitrogens is 6. The number of ether oxygens (including phenoxy) is 1. The van der Waals surface area contributed by atoms with Crippen molar-refractivity contribution in [3.8, 4) is 28.7 Å². The minimum atomic E-state index is 0.598. The number of aryl methyl sites for hydroxylation is 1. The lowest BCUT2D eigenvalue weighted by atomic mass is 10.1. The Bertz CT molecular complexity index is 1200. The topological polar surface area (TPSA) is 70.1 Å². The third kappa shape index (κ3) is 2.96. The molecule has 0 saturated heterocycles. The molecule has 0 aliphatic heterocycles. The van der Waals surface area contributed by atoms with Gasteiger partial charge >= 0.3 is 0 Å². The maximum Gasteiger partial charge on any atom is 0.191 e. The van der Waals surface area contributed by atoms with Crippen LogP contribution < -0.4 is 4.74 Å². The SMILES string of the molecule is COc1cc(-c2cnn(C)c2)cn2ncc(C#Cc3nnc(C4CC4)s3)c12. The highest BCUT2D eigenvalue weighted by molar-refractivity contribution is 7.11. The Labute approximate surface area is 159 Å². The molecule has 0 amide bonds. The van der Waals surface area contributed by atoms with Gasteiger partial charge in [0, 0.05) is 36.5 Å². The molecule has 4 aromatic rings. The average molecular weight is 376 g/mol. The zero-order chi connectivity index (χ0) is 18.4. The molecule has 0 N–H and O–H groups in total. The van der Waals surface area contributed by atoms with Crippen LogP contribution in [0.1, 0.15) is 34.3 Å². The number of rotatable bonds is 3. The largest absolute Gasteiger partial charge is 0.494 e. The van der Waals surface area contributed by atoms with Gasteiger partial charge in [-0.05, 0) is 24.8 Å². The second kappa shape index (κ2) is 6.21. The lowest BCUT2D eigenvalue weighted by Gasteiger charge is -2.06. The Balaban J connectivity index is 1.54. The number of hydrogen-bond acceptors (Lipinski definition) is 6. The molecule has 0 bridgehead atoms. The monoisotopic (exact) mass is 376 g/mol. The minimum absolute atomic E-state index is 0.598. The van der Waals surface area contributed by atoms with E-state index in [-0.39, 0.29) is 0 Å². The highest BCUT2D eigenvalue weighted by Gasteiger charge is 2.27. The summed E-state index contributed by atoms with van der Waals surface area (Å²) in [5.41, 5.74) is 3.62. The number of pyridine rings is 1. The molecule has 0 unspecified atom stereocenters. The fourth-order valence-corrected chi connectivity index (χ4v) is 3.83. The predicted octanol–water partition coefficient (Wildman–Crippen LogP) is 2.87. The second-order valence-corrected chi connectivity index (χ2v) is 7.53. The third-order valence-corrected chi connectivity index (χ3v) is 5.51. The maximum absolute atomic E-state index is 5.61. The molecular weight excluding hydrogens is 360 g/mol. The van der Waals surface area contributed by atoms with E-state index in [1.165, 1.54) is 12.8 Å². The maximum atomic E-state index is 5.61. The molecule has 8 heteroatoms. The van der Waals surface area contributed by atoms with Crippen molar-refractivity contribution in [3.05, 3.63) is 46.4 Å². The van der Waals surface area contributed by atoms with Gasteiger partial charge in [0.15, 0.2) is 5.01 Å². The molecule has 0 spiro atoms. The van der Waals surface area contributed by atoms with Crippen molar-refractivity contribution < 1.29 is 4.74 Å². The number of nitrogens with zero attached hydrogens (tertiary/aromatic N) is 6. The second-order valence-electron chi connectivity index (χ2n) is 6.52. The van der Waals surface area contributed by atoms with Crippen LogP contribution in [0.25, 0.3) is 16.6 Å². The zero-order valence-corrected chi connectivity index (χ0v) is 15.7. The number of fused-ring (bicyclic) bond motifs is 1. The van der Waals surface area contributed by atoms with Crippen molar-refractivity contribution in [3.63, 3.8) is 0 Å². The normalized spacial score (nSPS) is 13.6. The lowest BCUT2D eigenvalue weighted by molar-refractivity contribution is 0.417. The molecular formula is C19H16N6OS. The van der Waals surface area contributed by atoms with Gasteiger partial charge in [0.1, 0.15) is 16.3 Å². The van der Waals surface area contributed by atoms with Crippen LogP contribution in [0.2, 0.25) is 0 Å². The van der Waals surface area contributed by atoms with Gasteiger partial charge in [0.05, 0.1) is 25.1 Å². The predicted molar refractivity (Wildman–Crippen MR) is 102 cm³/mol. The molecule has 27 heavy (non-hydrogen) atoms. The Kier molecular flexibility index (Phi) is 3.69. The molecule has 134 valence electrons. The summed E-state index contributed by atoms with van der Waals surface area (Å²) in [6.07, 6.45) is 9.91. The average Bonchev–Trinajstić information content (AvgIpc) is 3.07. The lowest BCUT2D eigenvalue weighted by Crippen LogP contribution is -1.94. The summed E-state index contributed by atoms with van der Waals surface area (Å²) >= 11 is 1.58. The molecule has 1 aliphatic carbocycles. The summed E-state index contributed by atoms with van der Waals surface area (Å²) in [7, 11) is 3.54. The van der Waals surface area contributed by atoms with Crippen molar-refractivity contribution in [1.82, 2.24) is 29.6 Å². The van der Waals surface area contributed by atoms with Crippen LogP contribution in [0.4, 0.5) is 0 Å². The van der Waals surface area contributed by atoms with E-state index in [2.05, 4.69) is 32.2 Å². The first-order valence-corrected chi connectivity index (χ1v) is 9.43. The molecule has 4 heterocycles. The van der Waals surface area contributed by atoms with Crippen LogP contribution in [0, 0.1) is 11.8 Å². The van der Waals surface area contributed by atoms with Crippen molar-refractivity contribution in [2.24, 2.45) is 7.05 Å². The third-order valence-electron chi connectivity index (χ3n) is 4.51. The molecule has 5 rings (SSSR count). The summed E-state index contributed by atoms with van der Waals surface area (Å²) in [5, 5.41) is 18.9. The van der Waals surface area contributed by atoms with E-state index >= 15 is 0 Å². The van der Waals surface area contributed by atoms with Gasteiger partial charge in [-0.25, -0.2) is 4.52 Å². The van der Waals surface area contributed by atoms with Gasteiger partial charge in [-0.2, -0.15) is 10.2 Å². The Morgan fingerprint density at radius 1 is 1.11 bits per heavy atom. The highest BCUT2D eigenvalue weighted by atomic mass is 32.1. The first-order chi connectivity index (χ1) is 13.2. The van der Waals surface area contributed by atoms with Crippen molar-refractivity contribution >= 4 is 16.9 Å². The summed E-state index contributed by atoms with van der Waals surface area (Å²) in [5.74, 6) is 7.60. The number of methoxy groups -OCH3 is 1. The van der Waals surface area contributed by atoms with E-state index in [9.17, 15) is 0 Å². The van der Waals surface area contributed by atoms with E-state index in [1.54, 1.807) is 33.8 Å². The summed E-state index contributed by atoms with van der Waals surface area (Å²) in [4.78, 5) is 0. The quantitative estimate of drug-likeness (QED) is 0.514. The van der Waals surface area contributed by atoms with Crippen LogP contribution >= 0.6 is 11.3 Å². The smallest absolute Gasteiger partial charge is 0.191 e. The van der Waals surface area contributed by atoms with Crippen LogP contribution in [-0.2, 0) is 7.05 Å². The van der Waals surface area contributed by atoms with Gasteiger partial charge in [0.25, 0.3) is 0 Å². The Morgan fingerprint density at radius 2 is 2.00 bits per heavy atom. The summed E-state index contributed by atoms with van der Waals surface area (Å²) in [6.45, 7) is 0. The molecule has 0 radical (unpaired) electrons. The molecule has 7 nitrogen and oxygen atoms in total. The van der Waals surface area contributed by atoms with Crippen molar-refractivity contribution in [2.45, 2.75) is 18.8 Å². The fourth-order valence-electron chi connectivity index (χ4n) is 2.96. The fraction of sp³-hybridized carbons (Fsp3) is 0.263. The molecule has 0 aromatic carbocycles. The van der Waals surface area contributed by atoms with Crippen molar-refractivity contribution in [2.75, 3.05) is 7.11 Å². The molecule has 0 atom stereocenters. The first kappa shape index (κ1) is 16.0. The van der Waals surface area contributed by atoms with Crippen LogP contribution in [-0.4, -0.2) is 36.7 Å². The Morgan fingerprint density at radius 3 is 2.74 bits per heavy atom. The van der Waals surface area contributed by atoms with E-state index in [1.807, 2.05) is 31.7 Å². The van der Waals surface area contributed by atoms with Gasteiger partial charge < -0.3 is 4.74 Å². The van der Waals surface area contributed by atoms with Gasteiger partial charge in [0.2, 0.25) is 0 Å². The molecule has 1 fully saturated rings. The molecule has 1 saturated carbocycles. The summed E-state index contributed by atoms with van der Waals surface area (Å²) in [6, 6.07) is 1.98. The Hall–Kier alpha value is -3.18. The number of hydrogen-bond donors (Lipinski definition) is 0. The van der Waals surface area contributed by atoms with Crippen LogP contribution in [0.15, 0.2) is 30.9 Å². The van der Waals surface area contributed by atoms with Gasteiger partial charge in [-0.1, -0.05) is 17.3 Å². The highest BCUT2D eigenvalue weighted by Crippen LogP contribution is 2.41. The summed E-state index contributed by atoms with van der Waals surface area (Å²) < 4.78 is 9.17. The molecule has 1 aliphatic rings. The first-order valence-electron chi connectivity index (χ1n) is 8.61. The van der Waals surface area contributed by atoms with E-state index in [4.69, 9.17) is 4.74 Å². The minimum Gasteiger partial charge on any atom is -0.494 e. The van der Waals surface area contributed by atoms with E-state index in [0.29, 0.717) is 11.7 Å².